The number of carbonyl (C=O) groups is 1. The summed E-state index contributed by atoms with van der Waals surface area (Å²) in [7, 11) is -3.51. The number of amides is 1. The van der Waals surface area contributed by atoms with Crippen molar-refractivity contribution in [1.82, 2.24) is 14.1 Å². The molecule has 0 bridgehead atoms. The van der Waals surface area contributed by atoms with E-state index in [9.17, 15) is 13.2 Å². The summed E-state index contributed by atoms with van der Waals surface area (Å²) in [6.45, 7) is 12.0. The van der Waals surface area contributed by atoms with Crippen molar-refractivity contribution >= 4 is 15.9 Å². The number of hydrogen-bond acceptors (Lipinski definition) is 4. The van der Waals surface area contributed by atoms with Gasteiger partial charge in [0.05, 0.1) is 10.9 Å². The highest BCUT2D eigenvalue weighted by molar-refractivity contribution is 7.89. The molecule has 3 rings (SSSR count). The average molecular weight is 422 g/mol. The van der Waals surface area contributed by atoms with E-state index in [-0.39, 0.29) is 24.0 Å². The van der Waals surface area contributed by atoms with Gasteiger partial charge >= 0.3 is 0 Å². The van der Waals surface area contributed by atoms with Crippen molar-refractivity contribution in [1.29, 1.82) is 0 Å². The zero-order chi connectivity index (χ0) is 21.3. The van der Waals surface area contributed by atoms with Gasteiger partial charge < -0.3 is 4.90 Å². The molecule has 6 nitrogen and oxygen atoms in total. The van der Waals surface area contributed by atoms with Gasteiger partial charge in [-0.1, -0.05) is 17.7 Å². The lowest BCUT2D eigenvalue weighted by atomic mass is 9.96. The number of rotatable bonds is 4. The first-order chi connectivity index (χ1) is 13.6. The zero-order valence-corrected chi connectivity index (χ0v) is 19.2. The fourth-order valence-electron chi connectivity index (χ4n) is 4.79. The molecule has 2 aliphatic heterocycles. The van der Waals surface area contributed by atoms with Gasteiger partial charge in [0.15, 0.2) is 0 Å². The minimum absolute atomic E-state index is 0.176. The van der Waals surface area contributed by atoms with E-state index in [4.69, 9.17) is 0 Å². The molecule has 2 aliphatic rings. The van der Waals surface area contributed by atoms with Gasteiger partial charge in [-0.05, 0) is 65.5 Å². The van der Waals surface area contributed by atoms with E-state index in [1.807, 2.05) is 37.8 Å². The molecule has 2 saturated heterocycles. The molecule has 3 atom stereocenters. The number of hydrogen-bond donors (Lipinski definition) is 0. The van der Waals surface area contributed by atoms with Gasteiger partial charge in [-0.25, -0.2) is 8.42 Å². The van der Waals surface area contributed by atoms with Gasteiger partial charge in [-0.2, -0.15) is 4.31 Å². The first kappa shape index (κ1) is 22.2. The molecule has 0 spiro atoms. The standard InChI is InChI=1S/C22H35N3O3S/c1-16-9-10-21(17(2)15-16)29(27,28)24-13-11-23(12-14-24)20(5)22(26)25-18(3)7-6-8-19(25)4/h9-10,15,18-20H,6-8,11-14H2,1-5H3/t18-,19-,20+/m0/s1. The molecule has 7 heteroatoms. The van der Waals surface area contributed by atoms with Gasteiger partial charge in [0, 0.05) is 38.3 Å². The quantitative estimate of drug-likeness (QED) is 0.750. The zero-order valence-electron chi connectivity index (χ0n) is 18.4. The third-order valence-electron chi connectivity index (χ3n) is 6.57. The molecule has 162 valence electrons. The predicted molar refractivity (Wildman–Crippen MR) is 115 cm³/mol. The highest BCUT2D eigenvalue weighted by atomic mass is 32.2. The van der Waals surface area contributed by atoms with E-state index < -0.39 is 10.0 Å². The summed E-state index contributed by atoms with van der Waals surface area (Å²) in [5, 5.41) is 0. The summed E-state index contributed by atoms with van der Waals surface area (Å²) in [5.41, 5.74) is 1.84. The molecular formula is C22H35N3O3S. The lowest BCUT2D eigenvalue weighted by Gasteiger charge is -2.43. The van der Waals surface area contributed by atoms with Crippen molar-refractivity contribution in [2.24, 2.45) is 0 Å². The van der Waals surface area contributed by atoms with Crippen LogP contribution in [0.15, 0.2) is 23.1 Å². The maximum Gasteiger partial charge on any atom is 0.243 e. The van der Waals surface area contributed by atoms with Gasteiger partial charge in [0.25, 0.3) is 0 Å². The Morgan fingerprint density at radius 3 is 2.17 bits per heavy atom. The molecule has 1 amide bonds. The number of piperidine rings is 1. The van der Waals surface area contributed by atoms with Gasteiger partial charge in [0.2, 0.25) is 15.9 Å². The number of piperazine rings is 1. The molecule has 1 aromatic carbocycles. The molecule has 2 fully saturated rings. The molecule has 0 aliphatic carbocycles. The van der Waals surface area contributed by atoms with Crippen LogP contribution in [0.3, 0.4) is 0 Å². The topological polar surface area (TPSA) is 60.9 Å². The Kier molecular flexibility index (Phi) is 6.70. The van der Waals surface area contributed by atoms with Gasteiger partial charge in [-0.3, -0.25) is 9.69 Å². The van der Waals surface area contributed by atoms with Crippen LogP contribution in [0, 0.1) is 13.8 Å². The van der Waals surface area contributed by atoms with Gasteiger partial charge in [0.1, 0.15) is 0 Å². The number of likely N-dealkylation sites (tertiary alicyclic amines) is 1. The van der Waals surface area contributed by atoms with Gasteiger partial charge in [-0.15, -0.1) is 0 Å². The largest absolute Gasteiger partial charge is 0.336 e. The third kappa shape index (κ3) is 4.52. The summed E-state index contributed by atoms with van der Waals surface area (Å²) < 4.78 is 27.8. The second kappa shape index (κ2) is 8.74. The molecule has 2 heterocycles. The molecule has 29 heavy (non-hydrogen) atoms. The number of sulfonamides is 1. The summed E-state index contributed by atoms with van der Waals surface area (Å²) in [5.74, 6) is 0.176. The van der Waals surface area contributed by atoms with E-state index in [0.717, 1.165) is 24.0 Å². The summed E-state index contributed by atoms with van der Waals surface area (Å²) in [6, 6.07) is 5.80. The molecule has 1 aromatic rings. The smallest absolute Gasteiger partial charge is 0.243 e. The van der Waals surface area contributed by atoms with Crippen LogP contribution in [-0.2, 0) is 14.8 Å². The molecule has 0 N–H and O–H groups in total. The van der Waals surface area contributed by atoms with Crippen LogP contribution in [-0.4, -0.2) is 72.7 Å². The van der Waals surface area contributed by atoms with Crippen LogP contribution in [0.5, 0.6) is 0 Å². The van der Waals surface area contributed by atoms with Crippen molar-refractivity contribution < 1.29 is 13.2 Å². The van der Waals surface area contributed by atoms with E-state index in [1.54, 1.807) is 10.4 Å². The maximum atomic E-state index is 13.1. The molecular weight excluding hydrogens is 386 g/mol. The lowest BCUT2D eigenvalue weighted by molar-refractivity contribution is -0.143. The first-order valence-electron chi connectivity index (χ1n) is 10.8. The monoisotopic (exact) mass is 421 g/mol. The van der Waals surface area contributed by atoms with Crippen LogP contribution in [0.2, 0.25) is 0 Å². The number of nitrogens with zero attached hydrogens (tertiary/aromatic N) is 3. The SMILES string of the molecule is Cc1ccc(S(=O)(=O)N2CCN([C@H](C)C(=O)N3[C@@H](C)CCC[C@@H]3C)CC2)c(C)c1. The number of aryl methyl sites for hydroxylation is 2. The molecule has 0 radical (unpaired) electrons. The fraction of sp³-hybridized carbons (Fsp3) is 0.682. The van der Waals surface area contributed by atoms with Crippen LogP contribution in [0.4, 0.5) is 0 Å². The maximum absolute atomic E-state index is 13.1. The fourth-order valence-corrected chi connectivity index (χ4v) is 6.41. The Bertz CT molecular complexity index is 837. The second-order valence-corrected chi connectivity index (χ2v) is 10.7. The number of benzene rings is 1. The van der Waals surface area contributed by atoms with E-state index >= 15 is 0 Å². The van der Waals surface area contributed by atoms with Crippen molar-refractivity contribution in [2.75, 3.05) is 26.2 Å². The van der Waals surface area contributed by atoms with Crippen LogP contribution < -0.4 is 0 Å². The van der Waals surface area contributed by atoms with Crippen LogP contribution >= 0.6 is 0 Å². The summed E-state index contributed by atoms with van der Waals surface area (Å²) in [4.78, 5) is 17.7. The summed E-state index contributed by atoms with van der Waals surface area (Å²) >= 11 is 0. The van der Waals surface area contributed by atoms with Crippen LogP contribution in [0.1, 0.15) is 51.2 Å². The third-order valence-corrected chi connectivity index (χ3v) is 8.63. The Morgan fingerprint density at radius 2 is 1.62 bits per heavy atom. The molecule has 0 aromatic heterocycles. The van der Waals surface area contributed by atoms with E-state index in [1.165, 1.54) is 6.42 Å². The Morgan fingerprint density at radius 1 is 1.03 bits per heavy atom. The van der Waals surface area contributed by atoms with Crippen molar-refractivity contribution in [2.45, 2.75) is 76.9 Å². The Labute approximate surface area is 175 Å². The van der Waals surface area contributed by atoms with Crippen molar-refractivity contribution in [3.8, 4) is 0 Å². The number of carbonyl (C=O) groups excluding carboxylic acids is 1. The van der Waals surface area contributed by atoms with Crippen molar-refractivity contribution in [3.63, 3.8) is 0 Å². The minimum Gasteiger partial charge on any atom is -0.336 e. The normalized spacial score (nSPS) is 25.8. The molecule has 0 unspecified atom stereocenters. The predicted octanol–water partition coefficient (Wildman–Crippen LogP) is 2.79. The van der Waals surface area contributed by atoms with Crippen molar-refractivity contribution in [3.05, 3.63) is 29.3 Å². The Hall–Kier alpha value is -1.44. The van der Waals surface area contributed by atoms with Crippen LogP contribution in [0.25, 0.3) is 0 Å². The summed E-state index contributed by atoms with van der Waals surface area (Å²) in [6.07, 6.45) is 3.30. The Balaban J connectivity index is 1.66. The average Bonchev–Trinajstić information content (AvgIpc) is 2.67. The highest BCUT2D eigenvalue weighted by Gasteiger charge is 2.36. The lowest BCUT2D eigenvalue weighted by Crippen LogP contribution is -2.58. The second-order valence-electron chi connectivity index (χ2n) is 8.76. The minimum atomic E-state index is -3.51. The molecule has 0 saturated carbocycles. The van der Waals surface area contributed by atoms with E-state index in [2.05, 4.69) is 18.7 Å². The van der Waals surface area contributed by atoms with E-state index in [0.29, 0.717) is 31.1 Å². The first-order valence-corrected chi connectivity index (χ1v) is 12.2. The highest BCUT2D eigenvalue weighted by Crippen LogP contribution is 2.26.